The molecule has 0 heterocycles. The van der Waals surface area contributed by atoms with E-state index < -0.39 is 0 Å². The maximum atomic E-state index is 12.0. The summed E-state index contributed by atoms with van der Waals surface area (Å²) in [6.07, 6.45) is 14.7. The first kappa shape index (κ1) is 19.7. The Morgan fingerprint density at radius 1 is 0.826 bits per heavy atom. The summed E-state index contributed by atoms with van der Waals surface area (Å²) in [6.45, 7) is 5.05. The molecule has 0 aliphatic rings. The third kappa shape index (κ3) is 9.43. The molecule has 0 spiro atoms. The van der Waals surface area contributed by atoms with E-state index in [-0.39, 0.29) is 5.91 Å². The fourth-order valence-corrected chi connectivity index (χ4v) is 2.91. The van der Waals surface area contributed by atoms with Crippen LogP contribution in [0.4, 0.5) is 0 Å². The smallest absolute Gasteiger partial charge is 0.251 e. The lowest BCUT2D eigenvalue weighted by molar-refractivity contribution is 0.0952. The van der Waals surface area contributed by atoms with E-state index in [1.807, 2.05) is 31.2 Å². The molecule has 2 nitrogen and oxygen atoms in total. The monoisotopic (exact) mass is 317 g/mol. The van der Waals surface area contributed by atoms with Crippen LogP contribution in [-0.2, 0) is 0 Å². The molecular weight excluding hydrogens is 282 g/mol. The normalized spacial score (nSPS) is 10.7. The molecule has 0 saturated carbocycles. The number of hydrogen-bond acceptors (Lipinski definition) is 1. The van der Waals surface area contributed by atoms with Crippen LogP contribution < -0.4 is 5.32 Å². The summed E-state index contributed by atoms with van der Waals surface area (Å²) in [5, 5.41) is 3.03. The Kier molecular flexibility index (Phi) is 11.3. The second kappa shape index (κ2) is 13.2. The summed E-state index contributed by atoms with van der Waals surface area (Å²) in [5.74, 6) is 0.0650. The van der Waals surface area contributed by atoms with Gasteiger partial charge in [0.05, 0.1) is 0 Å². The molecule has 0 unspecified atom stereocenters. The van der Waals surface area contributed by atoms with Crippen LogP contribution in [0.5, 0.6) is 0 Å². The molecule has 23 heavy (non-hydrogen) atoms. The van der Waals surface area contributed by atoms with Crippen molar-refractivity contribution in [2.24, 2.45) is 0 Å². The SMILES string of the molecule is CCCCCCCCCCCCCNC(=O)c1ccccc1C. The van der Waals surface area contributed by atoms with Crippen molar-refractivity contribution in [3.05, 3.63) is 35.4 Å². The molecule has 0 aliphatic heterocycles. The molecule has 1 rings (SSSR count). The van der Waals surface area contributed by atoms with E-state index in [2.05, 4.69) is 12.2 Å². The average Bonchev–Trinajstić information content (AvgIpc) is 2.56. The van der Waals surface area contributed by atoms with Gasteiger partial charge in [0, 0.05) is 12.1 Å². The summed E-state index contributed by atoms with van der Waals surface area (Å²) in [7, 11) is 0. The number of carbonyl (C=O) groups is 1. The van der Waals surface area contributed by atoms with E-state index in [0.717, 1.165) is 24.1 Å². The van der Waals surface area contributed by atoms with E-state index in [4.69, 9.17) is 0 Å². The van der Waals surface area contributed by atoms with Gasteiger partial charge in [-0.2, -0.15) is 0 Å². The van der Waals surface area contributed by atoms with Crippen LogP contribution in [0.15, 0.2) is 24.3 Å². The molecule has 1 aromatic carbocycles. The molecule has 130 valence electrons. The quantitative estimate of drug-likeness (QED) is 0.442. The highest BCUT2D eigenvalue weighted by Crippen LogP contribution is 2.11. The van der Waals surface area contributed by atoms with Gasteiger partial charge < -0.3 is 5.32 Å². The van der Waals surface area contributed by atoms with Crippen molar-refractivity contribution in [3.8, 4) is 0 Å². The number of unbranched alkanes of at least 4 members (excludes halogenated alkanes) is 10. The van der Waals surface area contributed by atoms with Crippen molar-refractivity contribution in [2.75, 3.05) is 6.54 Å². The molecule has 0 saturated heterocycles. The molecule has 0 bridgehead atoms. The largest absolute Gasteiger partial charge is 0.352 e. The number of hydrogen-bond donors (Lipinski definition) is 1. The summed E-state index contributed by atoms with van der Waals surface area (Å²) in [4.78, 5) is 12.0. The first-order valence-corrected chi connectivity index (χ1v) is 9.59. The van der Waals surface area contributed by atoms with Crippen molar-refractivity contribution in [1.29, 1.82) is 0 Å². The van der Waals surface area contributed by atoms with E-state index >= 15 is 0 Å². The van der Waals surface area contributed by atoms with Gasteiger partial charge >= 0.3 is 0 Å². The van der Waals surface area contributed by atoms with Crippen molar-refractivity contribution in [1.82, 2.24) is 5.32 Å². The third-order valence-corrected chi connectivity index (χ3v) is 4.46. The summed E-state index contributed by atoms with van der Waals surface area (Å²) in [6, 6.07) is 7.77. The lowest BCUT2D eigenvalue weighted by atomic mass is 10.1. The van der Waals surface area contributed by atoms with Gasteiger partial charge in [0.2, 0.25) is 0 Å². The summed E-state index contributed by atoms with van der Waals surface area (Å²) in [5.41, 5.74) is 1.85. The Bertz CT molecular complexity index is 428. The lowest BCUT2D eigenvalue weighted by Crippen LogP contribution is -2.25. The van der Waals surface area contributed by atoms with Crippen LogP contribution in [0.1, 0.15) is 93.5 Å². The molecule has 1 aromatic rings. The Balaban J connectivity index is 1.92. The Labute approximate surface area is 143 Å². The van der Waals surface area contributed by atoms with E-state index in [9.17, 15) is 4.79 Å². The topological polar surface area (TPSA) is 29.1 Å². The van der Waals surface area contributed by atoms with Crippen molar-refractivity contribution in [3.63, 3.8) is 0 Å². The minimum Gasteiger partial charge on any atom is -0.352 e. The molecular formula is C21H35NO. The zero-order chi connectivity index (χ0) is 16.8. The summed E-state index contributed by atoms with van der Waals surface area (Å²) < 4.78 is 0. The van der Waals surface area contributed by atoms with Gasteiger partial charge in [-0.3, -0.25) is 4.79 Å². The van der Waals surface area contributed by atoms with E-state index in [1.165, 1.54) is 64.2 Å². The molecule has 0 atom stereocenters. The van der Waals surface area contributed by atoms with Crippen LogP contribution in [0, 0.1) is 6.92 Å². The number of nitrogens with one attached hydrogen (secondary N) is 1. The number of rotatable bonds is 13. The van der Waals surface area contributed by atoms with E-state index in [0.29, 0.717) is 0 Å². The van der Waals surface area contributed by atoms with Gasteiger partial charge in [-0.1, -0.05) is 89.3 Å². The lowest BCUT2D eigenvalue weighted by Gasteiger charge is -2.07. The maximum Gasteiger partial charge on any atom is 0.251 e. The van der Waals surface area contributed by atoms with Gasteiger partial charge in [0.25, 0.3) is 5.91 Å². The van der Waals surface area contributed by atoms with Crippen molar-refractivity contribution in [2.45, 2.75) is 84.5 Å². The van der Waals surface area contributed by atoms with Crippen LogP contribution in [0.3, 0.4) is 0 Å². The first-order valence-electron chi connectivity index (χ1n) is 9.59. The highest BCUT2D eigenvalue weighted by molar-refractivity contribution is 5.95. The highest BCUT2D eigenvalue weighted by atomic mass is 16.1. The van der Waals surface area contributed by atoms with E-state index in [1.54, 1.807) is 0 Å². The predicted octanol–water partition coefficient (Wildman–Crippen LogP) is 6.04. The second-order valence-electron chi connectivity index (χ2n) is 6.61. The number of aryl methyl sites for hydroxylation is 1. The average molecular weight is 318 g/mol. The second-order valence-corrected chi connectivity index (χ2v) is 6.61. The molecule has 0 aromatic heterocycles. The fraction of sp³-hybridized carbons (Fsp3) is 0.667. The van der Waals surface area contributed by atoms with Crippen LogP contribution >= 0.6 is 0 Å². The molecule has 0 radical (unpaired) electrons. The van der Waals surface area contributed by atoms with Gasteiger partial charge in [0.15, 0.2) is 0 Å². The fourth-order valence-electron chi connectivity index (χ4n) is 2.91. The van der Waals surface area contributed by atoms with Gasteiger partial charge in [-0.05, 0) is 25.0 Å². The molecule has 2 heteroatoms. The Morgan fingerprint density at radius 2 is 1.35 bits per heavy atom. The standard InChI is InChI=1S/C21H35NO/c1-3-4-5-6-7-8-9-10-11-12-15-18-22-21(23)20-17-14-13-16-19(20)2/h13-14,16-17H,3-12,15,18H2,1-2H3,(H,22,23). The number of amides is 1. The summed E-state index contributed by atoms with van der Waals surface area (Å²) >= 11 is 0. The zero-order valence-electron chi connectivity index (χ0n) is 15.2. The maximum absolute atomic E-state index is 12.0. The first-order chi connectivity index (χ1) is 11.3. The zero-order valence-corrected chi connectivity index (χ0v) is 15.2. The van der Waals surface area contributed by atoms with Gasteiger partial charge in [-0.25, -0.2) is 0 Å². The third-order valence-electron chi connectivity index (χ3n) is 4.46. The Hall–Kier alpha value is -1.31. The molecule has 0 aliphatic carbocycles. The van der Waals surface area contributed by atoms with Crippen LogP contribution in [-0.4, -0.2) is 12.5 Å². The minimum absolute atomic E-state index is 0.0650. The van der Waals surface area contributed by atoms with Crippen molar-refractivity contribution >= 4 is 5.91 Å². The predicted molar refractivity (Wildman–Crippen MR) is 100.0 cm³/mol. The molecule has 1 N–H and O–H groups in total. The number of benzene rings is 1. The molecule has 0 fully saturated rings. The Morgan fingerprint density at radius 3 is 1.91 bits per heavy atom. The van der Waals surface area contributed by atoms with Crippen molar-refractivity contribution < 1.29 is 4.79 Å². The molecule has 1 amide bonds. The van der Waals surface area contributed by atoms with Crippen LogP contribution in [0.2, 0.25) is 0 Å². The van der Waals surface area contributed by atoms with Gasteiger partial charge in [0.1, 0.15) is 0 Å². The van der Waals surface area contributed by atoms with Crippen LogP contribution in [0.25, 0.3) is 0 Å². The highest BCUT2D eigenvalue weighted by Gasteiger charge is 2.06. The minimum atomic E-state index is 0.0650. The number of carbonyl (C=O) groups excluding carboxylic acids is 1. The van der Waals surface area contributed by atoms with Gasteiger partial charge in [-0.15, -0.1) is 0 Å².